The summed E-state index contributed by atoms with van der Waals surface area (Å²) in [5, 5.41) is 11.6. The maximum atomic E-state index is 6.13. The van der Waals surface area contributed by atoms with Crippen molar-refractivity contribution < 1.29 is 0 Å². The van der Waals surface area contributed by atoms with E-state index in [1.54, 1.807) is 11.3 Å². The fourth-order valence-electron chi connectivity index (χ4n) is 3.29. The summed E-state index contributed by atoms with van der Waals surface area (Å²) in [6.45, 7) is 5.21. The molecule has 0 bridgehead atoms. The van der Waals surface area contributed by atoms with Crippen LogP contribution < -0.4 is 5.32 Å². The molecule has 1 N–H and O–H groups in total. The van der Waals surface area contributed by atoms with Gasteiger partial charge in [0.2, 0.25) is 0 Å². The average molecular weight is 358 g/mol. The van der Waals surface area contributed by atoms with Gasteiger partial charge in [-0.05, 0) is 73.9 Å². The zero-order chi connectivity index (χ0) is 16.7. The molecule has 124 valence electrons. The van der Waals surface area contributed by atoms with Gasteiger partial charge in [0.1, 0.15) is 11.5 Å². The van der Waals surface area contributed by atoms with E-state index in [4.69, 9.17) is 16.7 Å². The lowest BCUT2D eigenvalue weighted by Gasteiger charge is -2.11. The number of aryl methyl sites for hydroxylation is 2. The molecule has 4 rings (SSSR count). The number of fused-ring (bicyclic) bond motifs is 1. The van der Waals surface area contributed by atoms with E-state index in [0.717, 1.165) is 40.8 Å². The van der Waals surface area contributed by atoms with Gasteiger partial charge in [-0.2, -0.15) is 5.10 Å². The van der Waals surface area contributed by atoms with Gasteiger partial charge < -0.3 is 5.32 Å². The summed E-state index contributed by atoms with van der Waals surface area (Å²) in [5.74, 6) is 1.14. The van der Waals surface area contributed by atoms with Crippen molar-refractivity contribution in [3.05, 3.63) is 51.4 Å². The Morgan fingerprint density at radius 2 is 2.08 bits per heavy atom. The van der Waals surface area contributed by atoms with Crippen molar-refractivity contribution in [2.24, 2.45) is 0 Å². The minimum Gasteiger partial charge on any atom is -0.370 e. The fourth-order valence-corrected chi connectivity index (χ4v) is 4.42. The molecule has 5 heteroatoms. The Balaban J connectivity index is 1.92. The van der Waals surface area contributed by atoms with E-state index < -0.39 is 0 Å². The lowest BCUT2D eigenvalue weighted by molar-refractivity contribution is 0.780. The van der Waals surface area contributed by atoms with Crippen molar-refractivity contribution in [1.82, 2.24) is 9.78 Å². The lowest BCUT2D eigenvalue weighted by atomic mass is 10.1. The molecule has 0 saturated carbocycles. The van der Waals surface area contributed by atoms with Crippen LogP contribution in [0.3, 0.4) is 0 Å². The number of benzene rings is 1. The van der Waals surface area contributed by atoms with Gasteiger partial charge in [-0.15, -0.1) is 11.3 Å². The molecule has 3 aromatic rings. The highest BCUT2D eigenvalue weighted by molar-refractivity contribution is 7.13. The van der Waals surface area contributed by atoms with Crippen LogP contribution in [0.25, 0.3) is 16.3 Å². The van der Waals surface area contributed by atoms with Gasteiger partial charge in [-0.3, -0.25) is 0 Å². The monoisotopic (exact) mass is 357 g/mol. The molecule has 0 saturated heterocycles. The van der Waals surface area contributed by atoms with E-state index in [1.807, 2.05) is 12.1 Å². The first kappa shape index (κ1) is 15.7. The predicted molar refractivity (Wildman–Crippen MR) is 103 cm³/mol. The summed E-state index contributed by atoms with van der Waals surface area (Å²) in [5.41, 5.74) is 5.97. The largest absolute Gasteiger partial charge is 0.370 e. The van der Waals surface area contributed by atoms with Crippen molar-refractivity contribution in [3.63, 3.8) is 0 Å². The molecule has 0 spiro atoms. The molecular weight excluding hydrogens is 338 g/mol. The second-order valence-corrected chi connectivity index (χ2v) is 7.74. The normalized spacial score (nSPS) is 14.1. The maximum Gasteiger partial charge on any atom is 0.133 e. The zero-order valence-corrected chi connectivity index (χ0v) is 15.5. The summed E-state index contributed by atoms with van der Waals surface area (Å²) in [7, 11) is 0. The van der Waals surface area contributed by atoms with Crippen molar-refractivity contribution in [2.75, 3.05) is 11.9 Å². The number of aromatic nitrogens is 2. The molecule has 0 aliphatic carbocycles. The molecule has 24 heavy (non-hydrogen) atoms. The molecule has 2 aromatic heterocycles. The highest BCUT2D eigenvalue weighted by Crippen LogP contribution is 2.37. The molecule has 3 heterocycles. The molecule has 0 atom stereocenters. The van der Waals surface area contributed by atoms with E-state index in [2.05, 4.69) is 41.4 Å². The number of thiophene rings is 1. The van der Waals surface area contributed by atoms with Crippen molar-refractivity contribution in [1.29, 1.82) is 0 Å². The Kier molecular flexibility index (Phi) is 4.10. The van der Waals surface area contributed by atoms with Crippen LogP contribution in [-0.4, -0.2) is 16.3 Å². The first-order valence-corrected chi connectivity index (χ1v) is 9.57. The number of hydrogen-bond donors (Lipinski definition) is 1. The van der Waals surface area contributed by atoms with Crippen LogP contribution in [0, 0.1) is 13.8 Å². The molecule has 1 aliphatic rings. The minimum atomic E-state index is 0.761. The minimum absolute atomic E-state index is 0.761. The van der Waals surface area contributed by atoms with Crippen molar-refractivity contribution >= 4 is 28.8 Å². The molecule has 0 radical (unpaired) electrons. The number of nitrogens with one attached hydrogen (secondary N) is 1. The van der Waals surface area contributed by atoms with Crippen molar-refractivity contribution in [3.8, 4) is 16.3 Å². The van der Waals surface area contributed by atoms with Crippen LogP contribution in [0.1, 0.15) is 29.5 Å². The highest BCUT2D eigenvalue weighted by Gasteiger charge is 2.23. The van der Waals surface area contributed by atoms with Crippen LogP contribution in [0.4, 0.5) is 5.82 Å². The Labute approximate surface area is 151 Å². The third kappa shape index (κ3) is 2.74. The summed E-state index contributed by atoms with van der Waals surface area (Å²) in [4.78, 5) is 1.25. The second kappa shape index (κ2) is 6.26. The smallest absolute Gasteiger partial charge is 0.133 e. The molecule has 3 nitrogen and oxygen atoms in total. The summed E-state index contributed by atoms with van der Waals surface area (Å²) < 4.78 is 2.07. The average Bonchev–Trinajstić information content (AvgIpc) is 3.03. The van der Waals surface area contributed by atoms with Gasteiger partial charge in [-0.1, -0.05) is 11.6 Å². The van der Waals surface area contributed by atoms with Crippen molar-refractivity contribution in [2.45, 2.75) is 33.1 Å². The standard InChI is InChI=1S/C19H20ClN3S/c1-12-9-17(24-11-12)18-15-5-3-4-8-21-19(15)23(22-18)16-7-6-14(20)10-13(16)2/h6-7,9-11,21H,3-5,8H2,1-2H3. The lowest BCUT2D eigenvalue weighted by Crippen LogP contribution is -2.08. The Hall–Kier alpha value is -1.78. The Bertz CT molecular complexity index is 894. The number of nitrogens with zero attached hydrogens (tertiary/aromatic N) is 2. The topological polar surface area (TPSA) is 29.9 Å². The molecule has 0 fully saturated rings. The molecule has 1 aliphatic heterocycles. The number of rotatable bonds is 2. The van der Waals surface area contributed by atoms with E-state index in [0.29, 0.717) is 0 Å². The fraction of sp³-hybridized carbons (Fsp3) is 0.316. The molecule has 0 amide bonds. The van der Waals surface area contributed by atoms with E-state index in [9.17, 15) is 0 Å². The van der Waals surface area contributed by atoms with Crippen LogP contribution in [-0.2, 0) is 6.42 Å². The second-order valence-electron chi connectivity index (χ2n) is 6.39. The van der Waals surface area contributed by atoms with E-state index in [1.165, 1.54) is 28.8 Å². The summed E-state index contributed by atoms with van der Waals surface area (Å²) in [6, 6.07) is 8.22. The SMILES string of the molecule is Cc1csc(-c2nn(-c3ccc(Cl)cc3C)c3c2CCCCN3)c1. The zero-order valence-electron chi connectivity index (χ0n) is 13.9. The van der Waals surface area contributed by atoms with Crippen LogP contribution in [0.15, 0.2) is 29.6 Å². The third-order valence-electron chi connectivity index (χ3n) is 4.48. The quantitative estimate of drug-likeness (QED) is 0.645. The molecule has 0 unspecified atom stereocenters. The third-order valence-corrected chi connectivity index (χ3v) is 5.77. The van der Waals surface area contributed by atoms with E-state index >= 15 is 0 Å². The van der Waals surface area contributed by atoms with Gasteiger partial charge in [0.05, 0.1) is 10.6 Å². The maximum absolute atomic E-state index is 6.13. The van der Waals surface area contributed by atoms with Gasteiger partial charge in [-0.25, -0.2) is 4.68 Å². The summed E-state index contributed by atoms with van der Waals surface area (Å²) in [6.07, 6.45) is 3.46. The van der Waals surface area contributed by atoms with Gasteiger partial charge in [0.15, 0.2) is 0 Å². The Morgan fingerprint density at radius 3 is 2.83 bits per heavy atom. The number of anilines is 1. The van der Waals surface area contributed by atoms with Crippen LogP contribution in [0.5, 0.6) is 0 Å². The van der Waals surface area contributed by atoms with Crippen LogP contribution in [0.2, 0.25) is 5.02 Å². The first-order valence-electron chi connectivity index (χ1n) is 8.31. The number of hydrogen-bond acceptors (Lipinski definition) is 3. The van der Waals surface area contributed by atoms with Gasteiger partial charge in [0, 0.05) is 17.1 Å². The van der Waals surface area contributed by atoms with E-state index in [-0.39, 0.29) is 0 Å². The predicted octanol–water partition coefficient (Wildman–Crippen LogP) is 5.62. The summed E-state index contributed by atoms with van der Waals surface area (Å²) >= 11 is 7.91. The number of halogens is 1. The first-order chi connectivity index (χ1) is 11.6. The molecular formula is C19H20ClN3S. The highest BCUT2D eigenvalue weighted by atomic mass is 35.5. The van der Waals surface area contributed by atoms with Crippen LogP contribution >= 0.6 is 22.9 Å². The Morgan fingerprint density at radius 1 is 1.21 bits per heavy atom. The molecule has 1 aromatic carbocycles. The van der Waals surface area contributed by atoms with Gasteiger partial charge >= 0.3 is 0 Å². The van der Waals surface area contributed by atoms with Gasteiger partial charge in [0.25, 0.3) is 0 Å².